The fourth-order valence-electron chi connectivity index (χ4n) is 2.73. The number of carboxylic acids is 1. The average Bonchev–Trinajstić information content (AvgIpc) is 2.53. The number of carboxylic acid groups (broad SMARTS) is 1. The van der Waals surface area contributed by atoms with Gasteiger partial charge in [0.2, 0.25) is 5.91 Å². The van der Waals surface area contributed by atoms with Crippen molar-refractivity contribution in [3.63, 3.8) is 0 Å². The molecule has 5 nitrogen and oxygen atoms in total. The first-order valence-electron chi connectivity index (χ1n) is 7.86. The van der Waals surface area contributed by atoms with Gasteiger partial charge in [0.05, 0.1) is 13.0 Å². The maximum Gasteiger partial charge on any atom is 0.326 e. The first-order valence-corrected chi connectivity index (χ1v) is 7.86. The molecule has 1 aliphatic rings. The molecular formula is C17H23NO4. The van der Waals surface area contributed by atoms with Crippen LogP contribution in [-0.4, -0.2) is 41.1 Å². The molecule has 5 heteroatoms. The maximum atomic E-state index is 12.4. The topological polar surface area (TPSA) is 66.8 Å². The highest BCUT2D eigenvalue weighted by atomic mass is 16.5. The molecule has 0 aromatic heterocycles. The lowest BCUT2D eigenvalue weighted by Gasteiger charge is -2.33. The summed E-state index contributed by atoms with van der Waals surface area (Å²) in [5.41, 5.74) is 0.855. The van der Waals surface area contributed by atoms with Gasteiger partial charge in [0.25, 0.3) is 0 Å². The second-order valence-corrected chi connectivity index (χ2v) is 5.61. The minimum atomic E-state index is -0.909. The Labute approximate surface area is 130 Å². The SMILES string of the molecule is CCCOc1cccc(CC(=O)N2CCCC[C@@H]2C(=O)O)c1. The van der Waals surface area contributed by atoms with Crippen molar-refractivity contribution in [1.82, 2.24) is 4.90 Å². The maximum absolute atomic E-state index is 12.4. The van der Waals surface area contributed by atoms with Gasteiger partial charge in [0.15, 0.2) is 0 Å². The molecule has 1 atom stereocenters. The van der Waals surface area contributed by atoms with E-state index >= 15 is 0 Å². The number of likely N-dealkylation sites (tertiary alicyclic amines) is 1. The highest BCUT2D eigenvalue weighted by Gasteiger charge is 2.31. The van der Waals surface area contributed by atoms with Crippen LogP contribution in [0.5, 0.6) is 5.75 Å². The van der Waals surface area contributed by atoms with Crippen molar-refractivity contribution in [2.75, 3.05) is 13.2 Å². The predicted octanol–water partition coefficient (Wildman–Crippen LogP) is 2.48. The van der Waals surface area contributed by atoms with Gasteiger partial charge in [-0.05, 0) is 43.4 Å². The zero-order valence-electron chi connectivity index (χ0n) is 13.0. The van der Waals surface area contributed by atoms with E-state index in [-0.39, 0.29) is 12.3 Å². The van der Waals surface area contributed by atoms with E-state index in [1.807, 2.05) is 31.2 Å². The van der Waals surface area contributed by atoms with Gasteiger partial charge in [-0.25, -0.2) is 4.79 Å². The van der Waals surface area contributed by atoms with Crippen molar-refractivity contribution < 1.29 is 19.4 Å². The number of carbonyl (C=O) groups is 2. The number of benzene rings is 1. The Bertz CT molecular complexity index is 529. The van der Waals surface area contributed by atoms with Crippen LogP contribution in [0, 0.1) is 0 Å². The quantitative estimate of drug-likeness (QED) is 0.877. The molecule has 0 radical (unpaired) electrons. The number of rotatable bonds is 6. The fourth-order valence-corrected chi connectivity index (χ4v) is 2.73. The summed E-state index contributed by atoms with van der Waals surface area (Å²) in [6, 6.07) is 6.77. The largest absolute Gasteiger partial charge is 0.494 e. The van der Waals surface area contributed by atoms with E-state index in [2.05, 4.69) is 0 Å². The van der Waals surface area contributed by atoms with E-state index in [0.717, 1.165) is 30.6 Å². The summed E-state index contributed by atoms with van der Waals surface area (Å²) in [4.78, 5) is 25.2. The van der Waals surface area contributed by atoms with Gasteiger partial charge in [-0.3, -0.25) is 4.79 Å². The van der Waals surface area contributed by atoms with Crippen LogP contribution in [0.3, 0.4) is 0 Å². The molecule has 1 aromatic rings. The molecule has 1 aromatic carbocycles. The summed E-state index contributed by atoms with van der Waals surface area (Å²) in [7, 11) is 0. The predicted molar refractivity (Wildman–Crippen MR) is 82.9 cm³/mol. The van der Waals surface area contributed by atoms with Crippen LogP contribution in [0.25, 0.3) is 0 Å². The molecule has 0 aliphatic carbocycles. The van der Waals surface area contributed by atoms with Gasteiger partial charge < -0.3 is 14.7 Å². The molecule has 1 amide bonds. The van der Waals surface area contributed by atoms with Gasteiger partial charge in [-0.2, -0.15) is 0 Å². The smallest absolute Gasteiger partial charge is 0.326 e. The zero-order valence-corrected chi connectivity index (χ0v) is 13.0. The summed E-state index contributed by atoms with van der Waals surface area (Å²) in [5.74, 6) is -0.284. The highest BCUT2D eigenvalue weighted by Crippen LogP contribution is 2.20. The molecule has 1 fully saturated rings. The van der Waals surface area contributed by atoms with Crippen LogP contribution in [0.4, 0.5) is 0 Å². The van der Waals surface area contributed by atoms with E-state index in [9.17, 15) is 14.7 Å². The van der Waals surface area contributed by atoms with Crippen LogP contribution in [-0.2, 0) is 16.0 Å². The third-order valence-corrected chi connectivity index (χ3v) is 3.83. The molecule has 2 rings (SSSR count). The Morgan fingerprint density at radius 2 is 2.18 bits per heavy atom. The molecule has 1 saturated heterocycles. The van der Waals surface area contributed by atoms with Crippen molar-refractivity contribution in [3.05, 3.63) is 29.8 Å². The van der Waals surface area contributed by atoms with Crippen molar-refractivity contribution in [3.8, 4) is 5.75 Å². The standard InChI is InChI=1S/C17H23NO4/c1-2-10-22-14-7-5-6-13(11-14)12-16(19)18-9-4-3-8-15(18)17(20)21/h5-7,11,15H,2-4,8-10,12H2,1H3,(H,20,21)/t15-/m1/s1. The van der Waals surface area contributed by atoms with Crippen LogP contribution < -0.4 is 4.74 Å². The molecule has 1 aliphatic heterocycles. The number of aliphatic carboxylic acids is 1. The number of ether oxygens (including phenoxy) is 1. The average molecular weight is 305 g/mol. The fraction of sp³-hybridized carbons (Fsp3) is 0.529. The van der Waals surface area contributed by atoms with E-state index in [1.165, 1.54) is 4.90 Å². The molecule has 0 bridgehead atoms. The number of amides is 1. The molecule has 0 unspecified atom stereocenters. The molecule has 22 heavy (non-hydrogen) atoms. The van der Waals surface area contributed by atoms with Gasteiger partial charge in [-0.15, -0.1) is 0 Å². The molecule has 1 N–H and O–H groups in total. The lowest BCUT2D eigenvalue weighted by Crippen LogP contribution is -2.48. The van der Waals surface area contributed by atoms with Crippen molar-refractivity contribution >= 4 is 11.9 Å². The monoisotopic (exact) mass is 305 g/mol. The minimum absolute atomic E-state index is 0.125. The first kappa shape index (κ1) is 16.3. The third-order valence-electron chi connectivity index (χ3n) is 3.83. The van der Waals surface area contributed by atoms with Crippen LogP contribution in [0.1, 0.15) is 38.2 Å². The van der Waals surface area contributed by atoms with Crippen molar-refractivity contribution in [1.29, 1.82) is 0 Å². The Morgan fingerprint density at radius 1 is 1.36 bits per heavy atom. The lowest BCUT2D eigenvalue weighted by molar-refractivity contribution is -0.151. The summed E-state index contributed by atoms with van der Waals surface area (Å²) >= 11 is 0. The molecular weight excluding hydrogens is 282 g/mol. The van der Waals surface area contributed by atoms with Crippen LogP contribution in [0.15, 0.2) is 24.3 Å². The summed E-state index contributed by atoms with van der Waals surface area (Å²) in [6.45, 7) is 3.21. The number of piperidine rings is 1. The van der Waals surface area contributed by atoms with Gasteiger partial charge in [0.1, 0.15) is 11.8 Å². The number of nitrogens with zero attached hydrogens (tertiary/aromatic N) is 1. The van der Waals surface area contributed by atoms with Gasteiger partial charge in [0, 0.05) is 6.54 Å². The molecule has 120 valence electrons. The summed E-state index contributed by atoms with van der Waals surface area (Å²) in [5, 5.41) is 9.25. The van der Waals surface area contributed by atoms with Crippen LogP contribution in [0.2, 0.25) is 0 Å². The Kier molecular flexibility index (Phi) is 5.81. The normalized spacial score (nSPS) is 18.0. The van der Waals surface area contributed by atoms with Crippen LogP contribution >= 0.6 is 0 Å². The summed E-state index contributed by atoms with van der Waals surface area (Å²) in [6.07, 6.45) is 3.42. The van der Waals surface area contributed by atoms with Crippen molar-refractivity contribution in [2.24, 2.45) is 0 Å². The Morgan fingerprint density at radius 3 is 2.91 bits per heavy atom. The Hall–Kier alpha value is -2.04. The lowest BCUT2D eigenvalue weighted by atomic mass is 10.0. The third kappa shape index (κ3) is 4.23. The van der Waals surface area contributed by atoms with Gasteiger partial charge >= 0.3 is 5.97 Å². The number of hydrogen-bond acceptors (Lipinski definition) is 3. The van der Waals surface area contributed by atoms with E-state index < -0.39 is 12.0 Å². The molecule has 1 heterocycles. The number of carbonyl (C=O) groups excluding carboxylic acids is 1. The van der Waals surface area contributed by atoms with E-state index in [0.29, 0.717) is 19.6 Å². The minimum Gasteiger partial charge on any atom is -0.494 e. The second kappa shape index (κ2) is 7.82. The van der Waals surface area contributed by atoms with Gasteiger partial charge in [-0.1, -0.05) is 19.1 Å². The first-order chi connectivity index (χ1) is 10.6. The highest BCUT2D eigenvalue weighted by molar-refractivity contribution is 5.85. The number of hydrogen-bond donors (Lipinski definition) is 1. The second-order valence-electron chi connectivity index (χ2n) is 5.61. The van der Waals surface area contributed by atoms with E-state index in [4.69, 9.17) is 4.74 Å². The molecule has 0 spiro atoms. The Balaban J connectivity index is 2.02. The zero-order chi connectivity index (χ0) is 15.9. The van der Waals surface area contributed by atoms with E-state index in [1.54, 1.807) is 0 Å². The summed E-state index contributed by atoms with van der Waals surface area (Å²) < 4.78 is 5.56. The van der Waals surface area contributed by atoms with Crippen molar-refractivity contribution in [2.45, 2.75) is 45.1 Å². The molecule has 0 saturated carbocycles.